The van der Waals surface area contributed by atoms with E-state index in [2.05, 4.69) is 10.5 Å². The number of likely N-dealkylation sites (N-methyl/N-ethyl adjacent to an activating group) is 1. The number of anilines is 1. The molecule has 2 heterocycles. The van der Waals surface area contributed by atoms with Crippen molar-refractivity contribution in [1.82, 2.24) is 10.1 Å². The molecule has 1 N–H and O–H groups in total. The number of carbonyl (C=O) groups excluding carboxylic acids is 2. The van der Waals surface area contributed by atoms with Crippen LogP contribution in [0.1, 0.15) is 15.4 Å². The fraction of sp³-hybridized carbons (Fsp3) is 0.250. The maximum absolute atomic E-state index is 12.1. The largest absolute Gasteiger partial charge is 0.360 e. The van der Waals surface area contributed by atoms with E-state index in [-0.39, 0.29) is 22.2 Å². The van der Waals surface area contributed by atoms with Gasteiger partial charge >= 0.3 is 5.00 Å². The zero-order valence-corrected chi connectivity index (χ0v) is 12.5. The molecule has 0 fully saturated rings. The van der Waals surface area contributed by atoms with Crippen LogP contribution in [0.5, 0.6) is 0 Å². The quantitative estimate of drug-likeness (QED) is 0.660. The molecule has 9 nitrogen and oxygen atoms in total. The summed E-state index contributed by atoms with van der Waals surface area (Å²) in [7, 11) is 1.43. The van der Waals surface area contributed by atoms with Gasteiger partial charge in [-0.2, -0.15) is 0 Å². The molecule has 0 bridgehead atoms. The van der Waals surface area contributed by atoms with Crippen LogP contribution in [0.4, 0.5) is 10.8 Å². The number of rotatable bonds is 5. The third-order valence-corrected chi connectivity index (χ3v) is 3.63. The van der Waals surface area contributed by atoms with Crippen LogP contribution in [-0.4, -0.2) is 40.4 Å². The molecule has 2 amide bonds. The Morgan fingerprint density at radius 1 is 1.50 bits per heavy atom. The molecular weight excluding hydrogens is 312 g/mol. The number of thiophene rings is 1. The second kappa shape index (κ2) is 6.35. The number of carbonyl (C=O) groups is 2. The highest BCUT2D eigenvalue weighted by atomic mass is 32.1. The lowest BCUT2D eigenvalue weighted by atomic mass is 10.4. The van der Waals surface area contributed by atoms with Crippen LogP contribution in [0.25, 0.3) is 0 Å². The first-order valence-electron chi connectivity index (χ1n) is 6.09. The van der Waals surface area contributed by atoms with E-state index in [1.54, 1.807) is 13.0 Å². The Morgan fingerprint density at radius 3 is 2.77 bits per heavy atom. The Bertz CT molecular complexity index is 723. The predicted molar refractivity (Wildman–Crippen MR) is 77.8 cm³/mol. The maximum Gasteiger partial charge on any atom is 0.324 e. The Hall–Kier alpha value is -2.75. The monoisotopic (exact) mass is 324 g/mol. The van der Waals surface area contributed by atoms with Gasteiger partial charge in [-0.25, -0.2) is 0 Å². The summed E-state index contributed by atoms with van der Waals surface area (Å²) >= 11 is 0.762. The Labute approximate surface area is 128 Å². The molecule has 0 unspecified atom stereocenters. The second-order valence-electron chi connectivity index (χ2n) is 4.43. The molecule has 0 aliphatic rings. The molecule has 2 rings (SSSR count). The summed E-state index contributed by atoms with van der Waals surface area (Å²) in [6, 6.07) is 4.16. The number of hydrogen-bond donors (Lipinski definition) is 1. The summed E-state index contributed by atoms with van der Waals surface area (Å²) < 4.78 is 4.80. The summed E-state index contributed by atoms with van der Waals surface area (Å²) in [5, 5.41) is 16.6. The van der Waals surface area contributed by atoms with Crippen molar-refractivity contribution in [3.63, 3.8) is 0 Å². The first-order valence-corrected chi connectivity index (χ1v) is 6.91. The van der Waals surface area contributed by atoms with Crippen molar-refractivity contribution in [3.8, 4) is 0 Å². The number of nitrogens with zero attached hydrogens (tertiary/aromatic N) is 3. The van der Waals surface area contributed by atoms with Gasteiger partial charge in [0.15, 0.2) is 5.82 Å². The van der Waals surface area contributed by atoms with Crippen molar-refractivity contribution in [3.05, 3.63) is 39.0 Å². The second-order valence-corrected chi connectivity index (χ2v) is 5.49. The highest BCUT2D eigenvalue weighted by Gasteiger charge is 2.20. The minimum Gasteiger partial charge on any atom is -0.360 e. The van der Waals surface area contributed by atoms with Gasteiger partial charge in [0, 0.05) is 19.2 Å². The molecule has 0 spiro atoms. The zero-order valence-electron chi connectivity index (χ0n) is 11.7. The van der Waals surface area contributed by atoms with Gasteiger partial charge < -0.3 is 14.7 Å². The third kappa shape index (κ3) is 3.67. The topological polar surface area (TPSA) is 119 Å². The van der Waals surface area contributed by atoms with Gasteiger partial charge in [-0.1, -0.05) is 16.5 Å². The van der Waals surface area contributed by atoms with Crippen LogP contribution < -0.4 is 5.32 Å². The van der Waals surface area contributed by atoms with Gasteiger partial charge in [0.1, 0.15) is 5.76 Å². The van der Waals surface area contributed by atoms with Crippen molar-refractivity contribution in [2.75, 3.05) is 18.9 Å². The SMILES string of the molecule is Cc1cc(NC(=O)CN(C)C(=O)c2ccc([N+](=O)[O-])s2)no1. The molecular formula is C12H12N4O5S. The number of amides is 2. The number of nitrogens with one attached hydrogen (secondary N) is 1. The first-order chi connectivity index (χ1) is 10.4. The average Bonchev–Trinajstić information content (AvgIpc) is 3.07. The molecule has 0 saturated carbocycles. The lowest BCUT2D eigenvalue weighted by molar-refractivity contribution is -0.380. The molecule has 22 heavy (non-hydrogen) atoms. The van der Waals surface area contributed by atoms with Crippen LogP contribution in [0.15, 0.2) is 22.7 Å². The minimum absolute atomic E-state index is 0.126. The van der Waals surface area contributed by atoms with Gasteiger partial charge in [0.05, 0.1) is 16.3 Å². The van der Waals surface area contributed by atoms with Gasteiger partial charge in [-0.15, -0.1) is 0 Å². The number of nitro groups is 1. The fourth-order valence-electron chi connectivity index (χ4n) is 1.62. The van der Waals surface area contributed by atoms with Crippen LogP contribution in [0, 0.1) is 17.0 Å². The molecule has 0 aliphatic heterocycles. The van der Waals surface area contributed by atoms with E-state index in [4.69, 9.17) is 4.52 Å². The van der Waals surface area contributed by atoms with E-state index in [0.717, 1.165) is 16.2 Å². The average molecular weight is 324 g/mol. The third-order valence-electron chi connectivity index (χ3n) is 2.61. The molecule has 0 aliphatic carbocycles. The molecule has 0 saturated heterocycles. The summed E-state index contributed by atoms with van der Waals surface area (Å²) in [6.07, 6.45) is 0. The van der Waals surface area contributed by atoms with E-state index in [1.165, 1.54) is 19.2 Å². The van der Waals surface area contributed by atoms with Crippen molar-refractivity contribution < 1.29 is 19.0 Å². The zero-order chi connectivity index (χ0) is 16.3. The van der Waals surface area contributed by atoms with Crippen molar-refractivity contribution in [2.24, 2.45) is 0 Å². The van der Waals surface area contributed by atoms with Crippen molar-refractivity contribution in [1.29, 1.82) is 0 Å². The fourth-order valence-corrected chi connectivity index (χ4v) is 2.44. The van der Waals surface area contributed by atoms with Gasteiger partial charge in [0.2, 0.25) is 5.91 Å². The standard InChI is InChI=1S/C12H12N4O5S/c1-7-5-9(14-21-7)13-10(17)6-15(2)12(18)8-3-4-11(22-8)16(19)20/h3-5H,6H2,1-2H3,(H,13,14,17). The molecule has 0 aromatic carbocycles. The molecule has 0 atom stereocenters. The molecule has 2 aromatic heterocycles. The van der Waals surface area contributed by atoms with Crippen LogP contribution in [0.2, 0.25) is 0 Å². The number of hydrogen-bond acceptors (Lipinski definition) is 7. The highest BCUT2D eigenvalue weighted by Crippen LogP contribution is 2.24. The summed E-state index contributed by atoms with van der Waals surface area (Å²) in [5.41, 5.74) is 0. The van der Waals surface area contributed by atoms with Crippen LogP contribution in [-0.2, 0) is 4.79 Å². The number of aromatic nitrogens is 1. The van der Waals surface area contributed by atoms with Crippen molar-refractivity contribution in [2.45, 2.75) is 6.92 Å². The molecule has 0 radical (unpaired) electrons. The maximum atomic E-state index is 12.1. The van der Waals surface area contributed by atoms with E-state index in [1.807, 2.05) is 0 Å². The van der Waals surface area contributed by atoms with E-state index in [0.29, 0.717) is 5.76 Å². The summed E-state index contributed by atoms with van der Waals surface area (Å²) in [6.45, 7) is 1.47. The molecule has 2 aromatic rings. The van der Waals surface area contributed by atoms with Crippen LogP contribution in [0.3, 0.4) is 0 Å². The predicted octanol–water partition coefficient (Wildman–Crippen LogP) is 1.66. The Kier molecular flexibility index (Phi) is 4.51. The normalized spacial score (nSPS) is 10.3. The van der Waals surface area contributed by atoms with Crippen molar-refractivity contribution >= 4 is 34.0 Å². The Balaban J connectivity index is 1.95. The van der Waals surface area contributed by atoms with Gasteiger partial charge in [-0.3, -0.25) is 19.7 Å². The van der Waals surface area contributed by atoms with E-state index >= 15 is 0 Å². The smallest absolute Gasteiger partial charge is 0.324 e. The lowest BCUT2D eigenvalue weighted by Gasteiger charge is -2.14. The van der Waals surface area contributed by atoms with Gasteiger partial charge in [-0.05, 0) is 13.0 Å². The van der Waals surface area contributed by atoms with E-state index in [9.17, 15) is 19.7 Å². The molecule has 116 valence electrons. The molecule has 10 heteroatoms. The Morgan fingerprint density at radius 2 is 2.23 bits per heavy atom. The summed E-state index contributed by atoms with van der Waals surface area (Å²) in [4.78, 5) is 35.3. The lowest BCUT2D eigenvalue weighted by Crippen LogP contribution is -2.34. The van der Waals surface area contributed by atoms with Crippen LogP contribution >= 0.6 is 11.3 Å². The minimum atomic E-state index is -0.568. The number of aryl methyl sites for hydroxylation is 1. The summed E-state index contributed by atoms with van der Waals surface area (Å²) in [5.74, 6) is -0.111. The van der Waals surface area contributed by atoms with E-state index < -0.39 is 16.7 Å². The first kappa shape index (κ1) is 15.6. The highest BCUT2D eigenvalue weighted by molar-refractivity contribution is 7.17. The van der Waals surface area contributed by atoms with Gasteiger partial charge in [0.25, 0.3) is 5.91 Å².